The Morgan fingerprint density at radius 2 is 1.90 bits per heavy atom. The molecule has 0 bridgehead atoms. The molecule has 5 heteroatoms. The van der Waals surface area contributed by atoms with Crippen LogP contribution in [0.15, 0.2) is 36.4 Å². The zero-order chi connectivity index (χ0) is 14.7. The number of rotatable bonds is 3. The van der Waals surface area contributed by atoms with E-state index < -0.39 is 11.6 Å². The van der Waals surface area contributed by atoms with E-state index in [1.165, 1.54) is 12.1 Å². The fraction of sp³-hybridized carbons (Fsp3) is 0.250. The predicted molar refractivity (Wildman–Crippen MR) is 75.7 cm³/mol. The van der Waals surface area contributed by atoms with Crippen molar-refractivity contribution in [2.45, 2.75) is 13.0 Å². The summed E-state index contributed by atoms with van der Waals surface area (Å²) in [6.45, 7) is 1.58. The highest BCUT2D eigenvalue weighted by molar-refractivity contribution is 5.50. The molecular weight excluding hydrogens is 276 g/mol. The van der Waals surface area contributed by atoms with Crippen LogP contribution in [0.5, 0.6) is 11.5 Å². The van der Waals surface area contributed by atoms with E-state index in [9.17, 15) is 8.78 Å². The fourth-order valence-corrected chi connectivity index (χ4v) is 2.22. The number of fused-ring (bicyclic) bond motifs is 1. The maximum absolute atomic E-state index is 13.6. The van der Waals surface area contributed by atoms with Gasteiger partial charge >= 0.3 is 0 Å². The molecule has 0 radical (unpaired) electrons. The van der Waals surface area contributed by atoms with Crippen LogP contribution in [0.2, 0.25) is 0 Å². The molecular formula is C16H15F2NO2. The van der Waals surface area contributed by atoms with Crippen molar-refractivity contribution < 1.29 is 18.3 Å². The number of ether oxygens (including phenoxy) is 2. The van der Waals surface area contributed by atoms with Crippen LogP contribution in [-0.4, -0.2) is 13.2 Å². The normalized spacial score (nSPS) is 13.6. The number of hydrogen-bond donors (Lipinski definition) is 1. The van der Waals surface area contributed by atoms with E-state index in [4.69, 9.17) is 9.47 Å². The van der Waals surface area contributed by atoms with E-state index in [0.717, 1.165) is 18.1 Å². The van der Waals surface area contributed by atoms with Crippen LogP contribution in [0, 0.1) is 11.6 Å². The first-order chi connectivity index (χ1) is 10.2. The third-order valence-electron chi connectivity index (χ3n) is 3.25. The average Bonchev–Trinajstić information content (AvgIpc) is 2.72. The Morgan fingerprint density at radius 3 is 2.76 bits per heavy atom. The number of para-hydroxylation sites is 1. The molecule has 2 aromatic carbocycles. The van der Waals surface area contributed by atoms with E-state index in [1.54, 1.807) is 0 Å². The van der Waals surface area contributed by atoms with Gasteiger partial charge < -0.3 is 14.8 Å². The Kier molecular flexibility index (Phi) is 3.90. The van der Waals surface area contributed by atoms with Gasteiger partial charge in [-0.25, -0.2) is 8.78 Å². The molecule has 3 rings (SSSR count). The smallest absolute Gasteiger partial charge is 0.166 e. The van der Waals surface area contributed by atoms with Gasteiger partial charge in [0.05, 0.1) is 18.9 Å². The molecule has 3 nitrogen and oxygen atoms in total. The Bertz CT molecular complexity index is 646. The molecule has 0 unspecified atom stereocenters. The van der Waals surface area contributed by atoms with Gasteiger partial charge in [0, 0.05) is 24.6 Å². The van der Waals surface area contributed by atoms with Crippen molar-refractivity contribution in [3.8, 4) is 11.5 Å². The highest BCUT2D eigenvalue weighted by Crippen LogP contribution is 2.33. The van der Waals surface area contributed by atoms with Crippen molar-refractivity contribution in [1.82, 2.24) is 0 Å². The van der Waals surface area contributed by atoms with E-state index in [-0.39, 0.29) is 5.69 Å². The summed E-state index contributed by atoms with van der Waals surface area (Å²) in [6.07, 6.45) is 0.828. The Hall–Kier alpha value is -2.30. The largest absolute Gasteiger partial charge is 0.490 e. The van der Waals surface area contributed by atoms with Crippen LogP contribution in [0.25, 0.3) is 0 Å². The Morgan fingerprint density at radius 1 is 1.05 bits per heavy atom. The van der Waals surface area contributed by atoms with Gasteiger partial charge in [-0.1, -0.05) is 12.1 Å². The highest BCUT2D eigenvalue weighted by atomic mass is 19.1. The third kappa shape index (κ3) is 3.07. The summed E-state index contributed by atoms with van der Waals surface area (Å²) >= 11 is 0. The van der Waals surface area contributed by atoms with Crippen LogP contribution in [-0.2, 0) is 6.54 Å². The summed E-state index contributed by atoms with van der Waals surface area (Å²) in [4.78, 5) is 0. The van der Waals surface area contributed by atoms with E-state index >= 15 is 0 Å². The van der Waals surface area contributed by atoms with Crippen molar-refractivity contribution >= 4 is 5.69 Å². The first kappa shape index (κ1) is 13.7. The van der Waals surface area contributed by atoms with Gasteiger partial charge in [0.2, 0.25) is 0 Å². The fourth-order valence-electron chi connectivity index (χ4n) is 2.22. The zero-order valence-electron chi connectivity index (χ0n) is 11.4. The van der Waals surface area contributed by atoms with Crippen LogP contribution in [0.3, 0.4) is 0 Å². The topological polar surface area (TPSA) is 30.5 Å². The number of nitrogens with one attached hydrogen (secondary N) is 1. The van der Waals surface area contributed by atoms with Gasteiger partial charge in [-0.2, -0.15) is 0 Å². The Balaban J connectivity index is 1.79. The second-order valence-corrected chi connectivity index (χ2v) is 4.77. The van der Waals surface area contributed by atoms with Crippen molar-refractivity contribution in [3.63, 3.8) is 0 Å². The van der Waals surface area contributed by atoms with Gasteiger partial charge in [0.15, 0.2) is 11.5 Å². The summed E-state index contributed by atoms with van der Waals surface area (Å²) in [5, 5.41) is 2.95. The van der Waals surface area contributed by atoms with Crippen molar-refractivity contribution in [2.24, 2.45) is 0 Å². The molecule has 21 heavy (non-hydrogen) atoms. The van der Waals surface area contributed by atoms with Gasteiger partial charge in [-0.3, -0.25) is 0 Å². The molecule has 0 saturated carbocycles. The molecule has 1 aliphatic rings. The lowest BCUT2D eigenvalue weighted by Gasteiger charge is -2.14. The maximum atomic E-state index is 13.6. The lowest BCUT2D eigenvalue weighted by atomic mass is 10.1. The number of hydrogen-bond acceptors (Lipinski definition) is 3. The molecule has 0 fully saturated rings. The van der Waals surface area contributed by atoms with E-state index in [1.807, 2.05) is 18.2 Å². The average molecular weight is 291 g/mol. The minimum Gasteiger partial charge on any atom is -0.490 e. The van der Waals surface area contributed by atoms with Crippen molar-refractivity contribution in [1.29, 1.82) is 0 Å². The molecule has 0 aliphatic carbocycles. The molecule has 2 aromatic rings. The molecule has 0 saturated heterocycles. The quantitative estimate of drug-likeness (QED) is 0.934. The highest BCUT2D eigenvalue weighted by Gasteiger charge is 2.14. The zero-order valence-corrected chi connectivity index (χ0v) is 11.4. The number of benzene rings is 2. The second-order valence-electron chi connectivity index (χ2n) is 4.77. The van der Waals surface area contributed by atoms with Gasteiger partial charge in [0.1, 0.15) is 11.6 Å². The summed E-state index contributed by atoms with van der Waals surface area (Å²) in [5.41, 5.74) is 1.13. The van der Waals surface area contributed by atoms with Gasteiger partial charge in [0.25, 0.3) is 0 Å². The summed E-state index contributed by atoms with van der Waals surface area (Å²) in [7, 11) is 0. The van der Waals surface area contributed by atoms with E-state index in [0.29, 0.717) is 31.3 Å². The van der Waals surface area contributed by atoms with Crippen LogP contribution >= 0.6 is 0 Å². The molecule has 0 atom stereocenters. The standard InChI is InChI=1S/C16H15F2NO2/c17-12-5-6-14(13(18)9-12)19-10-11-3-1-4-15-16(11)21-8-2-7-20-15/h1,3-6,9,19H,2,7-8,10H2. The lowest BCUT2D eigenvalue weighted by Crippen LogP contribution is -2.05. The van der Waals surface area contributed by atoms with E-state index in [2.05, 4.69) is 5.32 Å². The first-order valence-electron chi connectivity index (χ1n) is 6.80. The molecule has 1 aliphatic heterocycles. The van der Waals surface area contributed by atoms with Crippen LogP contribution < -0.4 is 14.8 Å². The molecule has 110 valence electrons. The molecule has 1 N–H and O–H groups in total. The van der Waals surface area contributed by atoms with Crippen molar-refractivity contribution in [3.05, 3.63) is 53.6 Å². The van der Waals surface area contributed by atoms with Gasteiger partial charge in [-0.15, -0.1) is 0 Å². The lowest BCUT2D eigenvalue weighted by molar-refractivity contribution is 0.296. The first-order valence-corrected chi connectivity index (χ1v) is 6.80. The molecule has 1 heterocycles. The summed E-state index contributed by atoms with van der Waals surface area (Å²) in [5.74, 6) is 0.175. The minimum atomic E-state index is -0.616. The minimum absolute atomic E-state index is 0.253. The molecule has 0 aromatic heterocycles. The second kappa shape index (κ2) is 5.99. The molecule has 0 spiro atoms. The van der Waals surface area contributed by atoms with Gasteiger partial charge in [-0.05, 0) is 18.2 Å². The third-order valence-corrected chi connectivity index (χ3v) is 3.25. The monoisotopic (exact) mass is 291 g/mol. The summed E-state index contributed by atoms with van der Waals surface area (Å²) in [6, 6.07) is 9.06. The molecule has 0 amide bonds. The van der Waals surface area contributed by atoms with Crippen molar-refractivity contribution in [2.75, 3.05) is 18.5 Å². The predicted octanol–water partition coefficient (Wildman–Crippen LogP) is 3.74. The van der Waals surface area contributed by atoms with Crippen LogP contribution in [0.4, 0.5) is 14.5 Å². The number of halogens is 2. The summed E-state index contributed by atoms with van der Waals surface area (Å²) < 4.78 is 37.8. The Labute approximate surface area is 121 Å². The number of anilines is 1. The van der Waals surface area contributed by atoms with Crippen LogP contribution in [0.1, 0.15) is 12.0 Å². The maximum Gasteiger partial charge on any atom is 0.166 e. The SMILES string of the molecule is Fc1ccc(NCc2cccc3c2OCCCO3)c(F)c1.